The van der Waals surface area contributed by atoms with E-state index in [1.807, 2.05) is 21.9 Å². The van der Waals surface area contributed by atoms with E-state index >= 15 is 0 Å². The van der Waals surface area contributed by atoms with Crippen LogP contribution in [0.5, 0.6) is 0 Å². The second-order valence-corrected chi connectivity index (χ2v) is 16.4. The lowest BCUT2D eigenvalue weighted by molar-refractivity contribution is -0.136. The van der Waals surface area contributed by atoms with Gasteiger partial charge in [-0.2, -0.15) is 5.10 Å². The van der Waals surface area contributed by atoms with E-state index in [4.69, 9.17) is 0 Å². The third kappa shape index (κ3) is 8.14. The van der Waals surface area contributed by atoms with E-state index in [0.29, 0.717) is 97.5 Å². The second-order valence-electron chi connectivity index (χ2n) is 16.4. The highest BCUT2D eigenvalue weighted by Crippen LogP contribution is 2.40. The van der Waals surface area contributed by atoms with Crippen LogP contribution in [0.25, 0.3) is 22.2 Å². The topological polar surface area (TPSA) is 183 Å². The Bertz CT molecular complexity index is 2510. The number of amides is 4. The van der Waals surface area contributed by atoms with Crippen LogP contribution in [-0.2, 0) is 39.7 Å². The molecule has 1 atom stereocenters. The number of carbonyl (C=O) groups is 4. The summed E-state index contributed by atoms with van der Waals surface area (Å²) in [4.78, 5) is 69.1. The number of imidazole rings is 1. The molecular weight excluding hydrogens is 789 g/mol. The Morgan fingerprint density at radius 2 is 1.79 bits per heavy atom. The van der Waals surface area contributed by atoms with Gasteiger partial charge < -0.3 is 25.3 Å². The van der Waals surface area contributed by atoms with Crippen LogP contribution in [0.15, 0.2) is 58.8 Å². The highest BCUT2D eigenvalue weighted by Gasteiger charge is 2.34. The maximum Gasteiger partial charge on any atom is 0.329 e. The smallest absolute Gasteiger partial charge is 0.329 e. The summed E-state index contributed by atoms with van der Waals surface area (Å²) in [7, 11) is 3.38. The largest absolute Gasteiger partial charge is 0.385 e. The van der Waals surface area contributed by atoms with Crippen LogP contribution >= 0.6 is 0 Å². The quantitative estimate of drug-likeness (QED) is 0.104. The van der Waals surface area contributed by atoms with Crippen molar-refractivity contribution < 1.29 is 28.0 Å². The number of hydrogen-bond acceptors (Lipinski definition) is 9. The van der Waals surface area contributed by atoms with Gasteiger partial charge in [0.15, 0.2) is 0 Å². The van der Waals surface area contributed by atoms with Crippen LogP contribution in [0, 0.1) is 5.41 Å². The van der Waals surface area contributed by atoms with Crippen LogP contribution in [-0.4, -0.2) is 103 Å². The average molecular weight is 840 g/mol. The lowest BCUT2D eigenvalue weighted by Gasteiger charge is -2.39. The van der Waals surface area contributed by atoms with Crippen LogP contribution in [0.2, 0.25) is 0 Å². The monoisotopic (exact) mass is 839 g/mol. The molecule has 4 aromatic rings. The minimum atomic E-state index is -2.73. The van der Waals surface area contributed by atoms with Crippen molar-refractivity contribution in [3.8, 4) is 11.1 Å². The Morgan fingerprint density at radius 3 is 2.49 bits per heavy atom. The van der Waals surface area contributed by atoms with Gasteiger partial charge in [-0.3, -0.25) is 43.7 Å². The molecule has 2 saturated heterocycles. The number of benzene rings is 2. The molecule has 0 bridgehead atoms. The number of anilines is 2. The second kappa shape index (κ2) is 17.0. The summed E-state index contributed by atoms with van der Waals surface area (Å²) >= 11 is 0. The first-order valence-electron chi connectivity index (χ1n) is 20.9. The van der Waals surface area contributed by atoms with Crippen LogP contribution in [0.3, 0.4) is 0 Å². The van der Waals surface area contributed by atoms with Crippen LogP contribution in [0.1, 0.15) is 75.5 Å². The number of rotatable bonds is 10. The van der Waals surface area contributed by atoms with Gasteiger partial charge in [-0.25, -0.2) is 13.6 Å². The maximum atomic E-state index is 14.6. The first-order chi connectivity index (χ1) is 29.3. The fourth-order valence-corrected chi connectivity index (χ4v) is 9.24. The summed E-state index contributed by atoms with van der Waals surface area (Å²) in [6, 6.07) is 7.93. The summed E-state index contributed by atoms with van der Waals surface area (Å²) in [5, 5.41) is 23.0. The molecule has 0 aliphatic carbocycles. The van der Waals surface area contributed by atoms with Crippen molar-refractivity contribution >= 4 is 51.9 Å². The van der Waals surface area contributed by atoms with Crippen molar-refractivity contribution in [2.24, 2.45) is 14.1 Å². The van der Waals surface area contributed by atoms with Gasteiger partial charge in [-0.15, -0.1) is 0 Å². The summed E-state index contributed by atoms with van der Waals surface area (Å²) in [6.45, 7) is 4.09. The minimum absolute atomic E-state index is 0.0109. The molecule has 6 heterocycles. The van der Waals surface area contributed by atoms with Gasteiger partial charge in [-0.1, -0.05) is 6.07 Å². The lowest BCUT2D eigenvalue weighted by Crippen LogP contribution is -2.48. The Hall–Kier alpha value is -6.33. The molecule has 2 fully saturated rings. The zero-order valence-corrected chi connectivity index (χ0v) is 34.6. The van der Waals surface area contributed by atoms with E-state index in [9.17, 15) is 38.2 Å². The van der Waals surface area contributed by atoms with E-state index in [-0.39, 0.29) is 66.7 Å². The lowest BCUT2D eigenvalue weighted by atomic mass is 9.92. The fraction of sp³-hybridized carbons (Fsp3) is 0.465. The number of aromatic nitrogens is 4. The number of amidine groups is 1. The predicted molar refractivity (Wildman–Crippen MR) is 225 cm³/mol. The Labute approximate surface area is 351 Å². The number of carbonyl (C=O) groups excluding carboxylic acids is 4. The molecule has 0 spiro atoms. The van der Waals surface area contributed by atoms with Crippen molar-refractivity contribution in [3.63, 3.8) is 0 Å². The van der Waals surface area contributed by atoms with Crippen LogP contribution in [0.4, 0.5) is 20.2 Å². The zero-order chi connectivity index (χ0) is 43.1. The Morgan fingerprint density at radius 1 is 1.00 bits per heavy atom. The molecule has 61 heavy (non-hydrogen) atoms. The van der Waals surface area contributed by atoms with Gasteiger partial charge in [0.25, 0.3) is 6.43 Å². The number of likely N-dealkylation sites (tertiary alicyclic amines) is 1. The molecule has 2 aromatic carbocycles. The molecule has 16 nitrogen and oxygen atoms in total. The van der Waals surface area contributed by atoms with E-state index in [1.165, 1.54) is 22.1 Å². The molecule has 4 amide bonds. The normalized spacial score (nSPS) is 18.8. The van der Waals surface area contributed by atoms with Gasteiger partial charge in [0, 0.05) is 113 Å². The average Bonchev–Trinajstić information content (AvgIpc) is 3.79. The molecule has 1 unspecified atom stereocenters. The summed E-state index contributed by atoms with van der Waals surface area (Å²) in [5.74, 6) is -0.784. The molecule has 4 N–H and O–H groups in total. The maximum absolute atomic E-state index is 14.6. The molecule has 0 radical (unpaired) electrons. The van der Waals surface area contributed by atoms with E-state index in [0.717, 1.165) is 17.7 Å². The molecular formula is C43H51F2N11O5. The molecule has 322 valence electrons. The standard InChI is InChI=1S/C43H51F2N11O5/c1-25(57)54-19-14-32(31(24-54)41(46)55-16-5-6-26-20-29(27-22-48-51(2)23-27)30(40(44)45)21-36(26)55)49-28-12-17-53(18-13-28)38(59)11-15-47-33-7-4-8-34-39(33)52(3)43(61)56(34)35-9-10-37(58)50-42(35)60/h4,7-8,20-23,28,35,40,46-47,49H,5-6,9-19,24H2,1-3H3,(H,50,58,60). The van der Waals surface area contributed by atoms with Gasteiger partial charge in [-0.05, 0) is 67.5 Å². The molecule has 2 aromatic heterocycles. The SMILES string of the molecule is CC(=O)N1CCC(NC2CCN(C(=O)CCNc3cccc4c3n(C)c(=O)n4C3CCC(=O)NC3=O)CC2)=C(C(=N)N2CCCc3cc(-c4cnn(C)c4)c(C(F)F)cc32)C1. The molecule has 18 heteroatoms. The zero-order valence-electron chi connectivity index (χ0n) is 34.6. The van der Waals surface area contributed by atoms with Crippen molar-refractivity contribution in [1.29, 1.82) is 5.41 Å². The van der Waals surface area contributed by atoms with Gasteiger partial charge in [0.2, 0.25) is 23.6 Å². The molecule has 0 saturated carbocycles. The highest BCUT2D eigenvalue weighted by atomic mass is 19.3. The van der Waals surface area contributed by atoms with Gasteiger partial charge in [0.05, 0.1) is 29.5 Å². The third-order valence-electron chi connectivity index (χ3n) is 12.5. The van der Waals surface area contributed by atoms with Gasteiger partial charge in [0.1, 0.15) is 11.9 Å². The number of nitrogens with zero attached hydrogens (tertiary/aromatic N) is 7. The highest BCUT2D eigenvalue weighted by molar-refractivity contribution is 6.09. The van der Waals surface area contributed by atoms with Crippen molar-refractivity contribution in [3.05, 3.63) is 75.6 Å². The number of fused-ring (bicyclic) bond motifs is 2. The van der Waals surface area contributed by atoms with Gasteiger partial charge >= 0.3 is 5.69 Å². The predicted octanol–water partition coefficient (Wildman–Crippen LogP) is 3.97. The Balaban J connectivity index is 0.924. The number of hydrogen-bond donors (Lipinski definition) is 4. The van der Waals surface area contributed by atoms with Crippen molar-refractivity contribution in [1.82, 2.24) is 39.3 Å². The fourth-order valence-electron chi connectivity index (χ4n) is 9.24. The molecule has 4 aliphatic heterocycles. The number of halogens is 2. The number of alkyl halides is 2. The Kier molecular flexibility index (Phi) is 11.5. The van der Waals surface area contributed by atoms with E-state index in [1.54, 1.807) is 48.2 Å². The van der Waals surface area contributed by atoms with E-state index < -0.39 is 18.4 Å². The third-order valence-corrected chi connectivity index (χ3v) is 12.5. The molecule has 8 rings (SSSR count). The summed E-state index contributed by atoms with van der Waals surface area (Å²) in [6.07, 6.45) is 4.46. The number of imide groups is 1. The van der Waals surface area contributed by atoms with E-state index in [2.05, 4.69) is 21.0 Å². The number of para-hydroxylation sites is 1. The summed E-state index contributed by atoms with van der Waals surface area (Å²) in [5.41, 5.74) is 5.36. The molecule has 4 aliphatic rings. The number of nitrogens with one attached hydrogen (secondary N) is 4. The van der Waals surface area contributed by atoms with Crippen molar-refractivity contribution in [2.75, 3.05) is 49.5 Å². The minimum Gasteiger partial charge on any atom is -0.385 e. The van der Waals surface area contributed by atoms with Crippen molar-refractivity contribution in [2.45, 2.75) is 76.8 Å². The summed E-state index contributed by atoms with van der Waals surface area (Å²) < 4.78 is 33.6. The first-order valence-corrected chi connectivity index (χ1v) is 20.9. The van der Waals surface area contributed by atoms with Crippen LogP contribution < -0.4 is 26.5 Å². The number of piperidine rings is 2. The first kappa shape index (κ1) is 41.4. The number of aryl methyl sites for hydroxylation is 3.